The van der Waals surface area contributed by atoms with Crippen molar-refractivity contribution in [3.05, 3.63) is 94.5 Å². The summed E-state index contributed by atoms with van der Waals surface area (Å²) in [5.74, 6) is 1.08. The summed E-state index contributed by atoms with van der Waals surface area (Å²) in [4.78, 5) is 17.0. The second-order valence-corrected chi connectivity index (χ2v) is 9.59. The number of nitrogens with one attached hydrogen (secondary N) is 1. The van der Waals surface area contributed by atoms with Crippen molar-refractivity contribution in [3.8, 4) is 5.75 Å². The maximum Gasteiger partial charge on any atom is 0.254 e. The molecule has 1 aromatic heterocycles. The lowest BCUT2D eigenvalue weighted by Crippen LogP contribution is -2.25. The number of aryl methyl sites for hydroxylation is 3. The van der Waals surface area contributed by atoms with E-state index in [1.54, 1.807) is 12.1 Å². The van der Waals surface area contributed by atoms with Crippen LogP contribution in [0.3, 0.4) is 0 Å². The summed E-state index contributed by atoms with van der Waals surface area (Å²) in [5, 5.41) is 3.56. The molecule has 3 aromatic carbocycles. The van der Waals surface area contributed by atoms with Crippen LogP contribution in [0.2, 0.25) is 5.02 Å². The molecule has 0 fully saturated rings. The van der Waals surface area contributed by atoms with Crippen molar-refractivity contribution in [1.82, 2.24) is 14.9 Å². The number of rotatable bonds is 13. The number of imidazole rings is 1. The number of fused-ring (bicyclic) bond motifs is 1. The van der Waals surface area contributed by atoms with Gasteiger partial charge in [0.1, 0.15) is 17.4 Å². The third-order valence-corrected chi connectivity index (χ3v) is 6.81. The van der Waals surface area contributed by atoms with E-state index in [2.05, 4.69) is 28.1 Å². The van der Waals surface area contributed by atoms with Crippen LogP contribution < -0.4 is 10.1 Å². The predicted octanol–water partition coefficient (Wildman–Crippen LogP) is 7.14. The van der Waals surface area contributed by atoms with E-state index < -0.39 is 5.82 Å². The van der Waals surface area contributed by atoms with Gasteiger partial charge in [0, 0.05) is 24.5 Å². The van der Waals surface area contributed by atoms with E-state index in [-0.39, 0.29) is 11.5 Å². The largest absolute Gasteiger partial charge is 0.494 e. The van der Waals surface area contributed by atoms with Crippen molar-refractivity contribution in [2.45, 2.75) is 52.0 Å². The molecular weight excluding hydrogens is 489 g/mol. The number of ether oxygens (including phenoxy) is 1. The van der Waals surface area contributed by atoms with E-state index in [0.29, 0.717) is 13.2 Å². The van der Waals surface area contributed by atoms with Gasteiger partial charge in [-0.05, 0) is 80.6 Å². The van der Waals surface area contributed by atoms with Crippen LogP contribution in [0.25, 0.3) is 11.0 Å². The number of nitrogens with zero attached hydrogens (tertiary/aromatic N) is 2. The smallest absolute Gasteiger partial charge is 0.254 e. The van der Waals surface area contributed by atoms with Gasteiger partial charge >= 0.3 is 0 Å². The Kier molecular flexibility index (Phi) is 9.55. The third kappa shape index (κ3) is 7.32. The first-order valence-electron chi connectivity index (χ1n) is 12.9. The molecule has 4 aromatic rings. The number of carbonyl (C=O) groups excluding carboxylic acids is 1. The van der Waals surface area contributed by atoms with Gasteiger partial charge < -0.3 is 14.6 Å². The molecule has 0 atom stereocenters. The molecule has 0 aliphatic heterocycles. The topological polar surface area (TPSA) is 56.1 Å². The molecule has 0 unspecified atom stereocenters. The van der Waals surface area contributed by atoms with E-state index in [9.17, 15) is 9.18 Å². The Balaban J connectivity index is 1.22. The molecule has 0 aliphatic carbocycles. The Bertz CT molecular complexity index is 1340. The monoisotopic (exact) mass is 521 g/mol. The number of hydrogen-bond acceptors (Lipinski definition) is 3. The van der Waals surface area contributed by atoms with Crippen molar-refractivity contribution in [3.63, 3.8) is 0 Å². The van der Waals surface area contributed by atoms with Crippen LogP contribution >= 0.6 is 11.6 Å². The zero-order valence-corrected chi connectivity index (χ0v) is 21.9. The van der Waals surface area contributed by atoms with Gasteiger partial charge in [0.15, 0.2) is 0 Å². The van der Waals surface area contributed by atoms with Crippen molar-refractivity contribution in [1.29, 1.82) is 0 Å². The Hall–Kier alpha value is -3.38. The molecule has 4 rings (SSSR count). The van der Waals surface area contributed by atoms with Crippen LogP contribution in [0, 0.1) is 12.7 Å². The lowest BCUT2D eigenvalue weighted by Gasteiger charge is -2.11. The van der Waals surface area contributed by atoms with E-state index in [0.717, 1.165) is 78.3 Å². The van der Waals surface area contributed by atoms with Crippen LogP contribution in [0.1, 0.15) is 53.8 Å². The number of hydrogen-bond donors (Lipinski definition) is 1. The number of benzene rings is 3. The number of amides is 1. The van der Waals surface area contributed by atoms with Gasteiger partial charge in [0.2, 0.25) is 0 Å². The van der Waals surface area contributed by atoms with Gasteiger partial charge in [-0.2, -0.15) is 0 Å². The fourth-order valence-electron chi connectivity index (χ4n) is 4.36. The molecule has 7 heteroatoms. The minimum Gasteiger partial charge on any atom is -0.494 e. The number of halogens is 2. The van der Waals surface area contributed by atoms with E-state index in [1.165, 1.54) is 12.1 Å². The van der Waals surface area contributed by atoms with Crippen LogP contribution in [-0.2, 0) is 13.0 Å². The van der Waals surface area contributed by atoms with Crippen LogP contribution in [-0.4, -0.2) is 28.6 Å². The van der Waals surface area contributed by atoms with Crippen LogP contribution in [0.4, 0.5) is 4.39 Å². The molecule has 0 aliphatic rings. The number of unbranched alkanes of at least 4 members (excludes halogenated alkanes) is 3. The average molecular weight is 522 g/mol. The SMILES string of the molecule is Cc1cc(OCCCCn2c(CCCCCNC(=O)c3ccccc3F)nc3ccccc32)ccc1Cl. The normalized spacial score (nSPS) is 11.1. The fourth-order valence-corrected chi connectivity index (χ4v) is 4.48. The highest BCUT2D eigenvalue weighted by atomic mass is 35.5. The summed E-state index contributed by atoms with van der Waals surface area (Å²) in [5.41, 5.74) is 3.28. The Morgan fingerprint density at radius 1 is 1.00 bits per heavy atom. The van der Waals surface area contributed by atoms with Crippen molar-refractivity contribution in [2.24, 2.45) is 0 Å². The highest BCUT2D eigenvalue weighted by molar-refractivity contribution is 6.31. The molecule has 0 radical (unpaired) electrons. The molecular formula is C30H33ClFN3O2. The van der Waals surface area contributed by atoms with Gasteiger partial charge in [-0.3, -0.25) is 4.79 Å². The quantitative estimate of drug-likeness (QED) is 0.190. The number of para-hydroxylation sites is 2. The third-order valence-electron chi connectivity index (χ3n) is 6.39. The zero-order valence-electron chi connectivity index (χ0n) is 21.2. The molecule has 0 saturated carbocycles. The highest BCUT2D eigenvalue weighted by Gasteiger charge is 2.11. The number of aromatic nitrogens is 2. The second-order valence-electron chi connectivity index (χ2n) is 9.18. The summed E-state index contributed by atoms with van der Waals surface area (Å²) in [6, 6.07) is 20.0. The van der Waals surface area contributed by atoms with Gasteiger partial charge in [-0.25, -0.2) is 9.37 Å². The van der Waals surface area contributed by atoms with Gasteiger partial charge in [0.25, 0.3) is 5.91 Å². The van der Waals surface area contributed by atoms with Crippen molar-refractivity contribution in [2.75, 3.05) is 13.2 Å². The summed E-state index contributed by atoms with van der Waals surface area (Å²) in [7, 11) is 0. The summed E-state index contributed by atoms with van der Waals surface area (Å²) in [6.45, 7) is 4.04. The molecule has 0 spiro atoms. The number of carbonyl (C=O) groups is 1. The Morgan fingerprint density at radius 3 is 2.65 bits per heavy atom. The molecule has 1 amide bonds. The fraction of sp³-hybridized carbons (Fsp3) is 0.333. The van der Waals surface area contributed by atoms with Crippen LogP contribution in [0.15, 0.2) is 66.7 Å². The molecule has 1 N–H and O–H groups in total. The molecule has 5 nitrogen and oxygen atoms in total. The first-order chi connectivity index (χ1) is 18.0. The van der Waals surface area contributed by atoms with Crippen LogP contribution in [0.5, 0.6) is 5.75 Å². The molecule has 0 saturated heterocycles. The minimum absolute atomic E-state index is 0.0879. The van der Waals surface area contributed by atoms with Gasteiger partial charge in [-0.15, -0.1) is 0 Å². The average Bonchev–Trinajstić information content (AvgIpc) is 3.25. The molecule has 0 bridgehead atoms. The van der Waals surface area contributed by atoms with Gasteiger partial charge in [0.05, 0.1) is 23.2 Å². The summed E-state index contributed by atoms with van der Waals surface area (Å²) >= 11 is 6.09. The molecule has 1 heterocycles. The maximum atomic E-state index is 13.7. The zero-order chi connectivity index (χ0) is 26.0. The van der Waals surface area contributed by atoms with E-state index in [1.807, 2.05) is 31.2 Å². The Morgan fingerprint density at radius 2 is 1.81 bits per heavy atom. The van der Waals surface area contributed by atoms with E-state index >= 15 is 0 Å². The minimum atomic E-state index is -0.495. The lowest BCUT2D eigenvalue weighted by molar-refractivity contribution is 0.0949. The second kappa shape index (κ2) is 13.2. The lowest BCUT2D eigenvalue weighted by atomic mass is 10.1. The molecule has 194 valence electrons. The Labute approximate surface area is 222 Å². The van der Waals surface area contributed by atoms with E-state index in [4.69, 9.17) is 21.3 Å². The highest BCUT2D eigenvalue weighted by Crippen LogP contribution is 2.22. The summed E-state index contributed by atoms with van der Waals surface area (Å²) < 4.78 is 22.0. The maximum absolute atomic E-state index is 13.7. The standard InChI is InChI=1S/C30H33ClFN3O2/c1-22-21-23(16-17-25(22)31)37-20-10-9-19-35-28-14-7-6-13-27(28)34-29(35)15-3-2-8-18-33-30(36)24-11-4-5-12-26(24)32/h4-7,11-14,16-17,21H,2-3,8-10,15,18-20H2,1H3,(H,33,36). The predicted molar refractivity (Wildman–Crippen MR) is 147 cm³/mol. The van der Waals surface area contributed by atoms with Crippen molar-refractivity contribution < 1.29 is 13.9 Å². The first-order valence-corrected chi connectivity index (χ1v) is 13.3. The van der Waals surface area contributed by atoms with Crippen molar-refractivity contribution >= 4 is 28.5 Å². The first kappa shape index (κ1) is 26.7. The molecule has 37 heavy (non-hydrogen) atoms. The summed E-state index contributed by atoms with van der Waals surface area (Å²) in [6.07, 6.45) is 5.56. The van der Waals surface area contributed by atoms with Gasteiger partial charge in [-0.1, -0.05) is 42.3 Å².